The van der Waals surface area contributed by atoms with Crippen LogP contribution in [0.5, 0.6) is 11.5 Å². The lowest BCUT2D eigenvalue weighted by Crippen LogP contribution is -2.41. The van der Waals surface area contributed by atoms with Gasteiger partial charge in [0.05, 0.1) is 18.0 Å². The molecule has 0 saturated heterocycles. The molecule has 1 aromatic heterocycles. The molecule has 1 aliphatic heterocycles. The number of nitrogens with zero attached hydrogens (tertiary/aromatic N) is 4. The lowest BCUT2D eigenvalue weighted by molar-refractivity contribution is -0.119. The predicted octanol–water partition coefficient (Wildman–Crippen LogP) is 2.33. The van der Waals surface area contributed by atoms with Gasteiger partial charge >= 0.3 is 0 Å². The van der Waals surface area contributed by atoms with E-state index in [1.807, 2.05) is 50.2 Å². The largest absolute Gasteiger partial charge is 0.486 e. The van der Waals surface area contributed by atoms with Gasteiger partial charge in [-0.2, -0.15) is 4.68 Å². The van der Waals surface area contributed by atoms with Gasteiger partial charge in [-0.15, -0.1) is 5.10 Å². The zero-order valence-electron chi connectivity index (χ0n) is 16.2. The van der Waals surface area contributed by atoms with Crippen molar-refractivity contribution in [3.8, 4) is 17.2 Å². The van der Waals surface area contributed by atoms with Crippen LogP contribution < -0.4 is 14.8 Å². The molecule has 0 aliphatic carbocycles. The van der Waals surface area contributed by atoms with E-state index in [4.69, 9.17) is 9.47 Å². The van der Waals surface area contributed by atoms with Crippen LogP contribution in [0.25, 0.3) is 5.69 Å². The van der Waals surface area contributed by atoms with Crippen LogP contribution in [0.15, 0.2) is 47.6 Å². The normalized spacial score (nSPS) is 15.2. The van der Waals surface area contributed by atoms with Gasteiger partial charge in [0.1, 0.15) is 12.7 Å². The molecule has 0 spiro atoms. The van der Waals surface area contributed by atoms with Crippen molar-refractivity contribution in [2.75, 3.05) is 18.9 Å². The number of tetrazole rings is 1. The molecule has 0 unspecified atom stereocenters. The Kier molecular flexibility index (Phi) is 5.66. The molecular weight excluding hydrogens is 390 g/mol. The second-order valence-corrected chi connectivity index (χ2v) is 7.70. The number of hydrogen-bond acceptors (Lipinski definition) is 7. The minimum absolute atomic E-state index is 0.118. The van der Waals surface area contributed by atoms with Crippen LogP contribution in [-0.2, 0) is 4.79 Å². The van der Waals surface area contributed by atoms with Gasteiger partial charge < -0.3 is 14.8 Å². The number of para-hydroxylation sites is 2. The van der Waals surface area contributed by atoms with Gasteiger partial charge in [0.2, 0.25) is 11.1 Å². The van der Waals surface area contributed by atoms with E-state index in [0.717, 1.165) is 17.0 Å². The molecule has 2 heterocycles. The molecule has 1 aliphatic rings. The molecule has 0 bridgehead atoms. The Balaban J connectivity index is 1.30. The summed E-state index contributed by atoms with van der Waals surface area (Å²) in [6.07, 6.45) is -0.223. The van der Waals surface area contributed by atoms with E-state index in [2.05, 4.69) is 26.9 Å². The molecule has 3 aromatic rings. The highest BCUT2D eigenvalue weighted by atomic mass is 32.2. The highest BCUT2D eigenvalue weighted by Gasteiger charge is 2.21. The number of carbonyl (C=O) groups is 1. The molecule has 0 fully saturated rings. The van der Waals surface area contributed by atoms with Crippen molar-refractivity contribution in [1.29, 1.82) is 0 Å². The van der Waals surface area contributed by atoms with Crippen LogP contribution in [0.1, 0.15) is 11.1 Å². The molecule has 150 valence electrons. The second kappa shape index (κ2) is 8.52. The summed E-state index contributed by atoms with van der Waals surface area (Å²) in [5.74, 6) is 1.51. The lowest BCUT2D eigenvalue weighted by Gasteiger charge is -2.26. The number of thioether (sulfide) groups is 1. The van der Waals surface area contributed by atoms with Crippen molar-refractivity contribution in [1.82, 2.24) is 25.5 Å². The first-order chi connectivity index (χ1) is 14.1. The monoisotopic (exact) mass is 411 g/mol. The van der Waals surface area contributed by atoms with E-state index >= 15 is 0 Å². The highest BCUT2D eigenvalue weighted by Crippen LogP contribution is 2.30. The summed E-state index contributed by atoms with van der Waals surface area (Å²) in [6.45, 7) is 4.82. The third-order valence-corrected chi connectivity index (χ3v) is 5.37. The molecule has 9 heteroatoms. The summed E-state index contributed by atoms with van der Waals surface area (Å²) in [7, 11) is 0. The Morgan fingerprint density at radius 3 is 2.90 bits per heavy atom. The molecule has 0 radical (unpaired) electrons. The first kappa shape index (κ1) is 19.3. The van der Waals surface area contributed by atoms with Crippen molar-refractivity contribution < 1.29 is 14.3 Å². The number of fused-ring (bicyclic) bond motifs is 1. The van der Waals surface area contributed by atoms with E-state index in [9.17, 15) is 4.79 Å². The Labute approximate surface area is 172 Å². The van der Waals surface area contributed by atoms with Crippen LogP contribution in [0.2, 0.25) is 0 Å². The fourth-order valence-electron chi connectivity index (χ4n) is 3.04. The first-order valence-corrected chi connectivity index (χ1v) is 10.2. The van der Waals surface area contributed by atoms with Crippen LogP contribution in [0.3, 0.4) is 0 Å². The number of aryl methyl sites for hydroxylation is 2. The van der Waals surface area contributed by atoms with E-state index in [1.165, 1.54) is 17.3 Å². The highest BCUT2D eigenvalue weighted by molar-refractivity contribution is 7.99. The number of hydrogen-bond donors (Lipinski definition) is 1. The zero-order valence-corrected chi connectivity index (χ0v) is 17.0. The maximum atomic E-state index is 12.3. The topological polar surface area (TPSA) is 91.2 Å². The summed E-state index contributed by atoms with van der Waals surface area (Å²) in [5, 5.41) is 15.3. The van der Waals surface area contributed by atoms with Crippen molar-refractivity contribution in [3.63, 3.8) is 0 Å². The molecule has 0 saturated carbocycles. The SMILES string of the molecule is Cc1ccc(-n2nnnc2SCC(=O)NC[C@H]2COc3ccccc3O2)c(C)c1. The van der Waals surface area contributed by atoms with Crippen molar-refractivity contribution in [2.24, 2.45) is 0 Å². The van der Waals surface area contributed by atoms with Crippen molar-refractivity contribution in [3.05, 3.63) is 53.6 Å². The average Bonchev–Trinajstić information content (AvgIpc) is 3.19. The Bertz CT molecular complexity index is 1020. The zero-order chi connectivity index (χ0) is 20.2. The van der Waals surface area contributed by atoms with Crippen LogP contribution >= 0.6 is 11.8 Å². The Hall–Kier alpha value is -3.07. The minimum atomic E-state index is -0.223. The number of nitrogens with one attached hydrogen (secondary N) is 1. The molecule has 2 aromatic carbocycles. The van der Waals surface area contributed by atoms with Gasteiger partial charge in [-0.1, -0.05) is 41.6 Å². The van der Waals surface area contributed by atoms with Gasteiger partial charge in [0.15, 0.2) is 11.5 Å². The third kappa shape index (κ3) is 4.51. The van der Waals surface area contributed by atoms with Crippen molar-refractivity contribution in [2.45, 2.75) is 25.1 Å². The molecule has 1 N–H and O–H groups in total. The average molecular weight is 411 g/mol. The molecule has 1 amide bonds. The maximum absolute atomic E-state index is 12.3. The predicted molar refractivity (Wildman–Crippen MR) is 109 cm³/mol. The summed E-state index contributed by atoms with van der Waals surface area (Å²) < 4.78 is 13.2. The van der Waals surface area contributed by atoms with Crippen LogP contribution in [-0.4, -0.2) is 51.1 Å². The number of benzene rings is 2. The van der Waals surface area contributed by atoms with Crippen molar-refractivity contribution >= 4 is 17.7 Å². The number of ether oxygens (including phenoxy) is 2. The van der Waals surface area contributed by atoms with Crippen LogP contribution in [0, 0.1) is 13.8 Å². The summed E-state index contributed by atoms with van der Waals surface area (Å²) in [6, 6.07) is 13.6. The van der Waals surface area contributed by atoms with Gasteiger partial charge in [0, 0.05) is 0 Å². The van der Waals surface area contributed by atoms with Gasteiger partial charge in [-0.05, 0) is 48.0 Å². The number of amides is 1. The fourth-order valence-corrected chi connectivity index (χ4v) is 3.75. The van der Waals surface area contributed by atoms with Crippen LogP contribution in [0.4, 0.5) is 0 Å². The van der Waals surface area contributed by atoms with E-state index in [-0.39, 0.29) is 17.8 Å². The molecule has 29 heavy (non-hydrogen) atoms. The standard InChI is InChI=1S/C20H21N5O3S/c1-13-7-8-16(14(2)9-13)25-20(22-23-24-25)29-12-19(26)21-10-15-11-27-17-5-3-4-6-18(17)28-15/h3-9,15H,10-12H2,1-2H3,(H,21,26)/t15-/m0/s1. The smallest absolute Gasteiger partial charge is 0.230 e. The Morgan fingerprint density at radius 1 is 1.24 bits per heavy atom. The van der Waals surface area contributed by atoms with E-state index in [0.29, 0.717) is 24.1 Å². The summed E-state index contributed by atoms with van der Waals surface area (Å²) in [4.78, 5) is 12.3. The van der Waals surface area contributed by atoms with Gasteiger partial charge in [-0.3, -0.25) is 4.79 Å². The third-order valence-electron chi connectivity index (χ3n) is 4.45. The molecular formula is C20H21N5O3S. The first-order valence-electron chi connectivity index (χ1n) is 9.24. The van der Waals surface area contributed by atoms with Gasteiger partial charge in [-0.25, -0.2) is 0 Å². The summed E-state index contributed by atoms with van der Waals surface area (Å²) >= 11 is 1.29. The fraction of sp³-hybridized carbons (Fsp3) is 0.300. The van der Waals surface area contributed by atoms with E-state index < -0.39 is 0 Å². The number of carbonyl (C=O) groups excluding carboxylic acids is 1. The minimum Gasteiger partial charge on any atom is -0.486 e. The lowest BCUT2D eigenvalue weighted by atomic mass is 10.1. The molecule has 1 atom stereocenters. The quantitative estimate of drug-likeness (QED) is 0.623. The maximum Gasteiger partial charge on any atom is 0.230 e. The number of rotatable bonds is 6. The number of aromatic nitrogens is 4. The summed E-state index contributed by atoms with van der Waals surface area (Å²) in [5.41, 5.74) is 3.14. The Morgan fingerprint density at radius 2 is 2.07 bits per heavy atom. The van der Waals surface area contributed by atoms with Gasteiger partial charge in [0.25, 0.3) is 0 Å². The van der Waals surface area contributed by atoms with E-state index in [1.54, 1.807) is 4.68 Å². The molecule has 8 nitrogen and oxygen atoms in total. The molecule has 4 rings (SSSR count). The second-order valence-electron chi connectivity index (χ2n) is 6.75.